The molecule has 0 aliphatic rings. The van der Waals surface area contributed by atoms with Gasteiger partial charge >= 0.3 is 0 Å². The number of nitrogens with zero attached hydrogens (tertiary/aromatic N) is 1. The first-order valence-electron chi connectivity index (χ1n) is 35.3. The molecule has 1 aromatic heterocycles. The third kappa shape index (κ3) is 6.00. The Hall–Kier alpha value is -7.68. The van der Waals surface area contributed by atoms with E-state index in [1.165, 1.54) is 0 Å². The molecule has 58 heavy (non-hydrogen) atoms. The smallest absolute Gasteiger partial charge is 0.145 e. The molecule has 0 saturated heterocycles. The highest BCUT2D eigenvalue weighted by Crippen LogP contribution is 2.47. The van der Waals surface area contributed by atoms with Gasteiger partial charge in [0.05, 0.1) is 61.8 Å². The Morgan fingerprint density at radius 1 is 0.345 bits per heavy atom. The second-order valence-electron chi connectivity index (χ2n) is 12.0. The van der Waals surface area contributed by atoms with E-state index >= 15 is 0 Å². The van der Waals surface area contributed by atoms with E-state index in [4.69, 9.17) is 30.5 Å². The van der Waals surface area contributed by atoms with Gasteiger partial charge in [-0.25, -0.2) is 0 Å². The van der Waals surface area contributed by atoms with Crippen molar-refractivity contribution in [2.45, 2.75) is 0 Å². The van der Waals surface area contributed by atoms with Crippen molar-refractivity contribution >= 4 is 60.5 Å². The summed E-state index contributed by atoms with van der Waals surface area (Å²) in [4.78, 5) is 0.280. The predicted molar refractivity (Wildman–Crippen MR) is 245 cm³/mol. The molecule has 0 bridgehead atoms. The van der Waals surface area contributed by atoms with Crippen LogP contribution in [0.1, 0.15) is 50.7 Å². The van der Waals surface area contributed by atoms with Crippen LogP contribution in [-0.4, -0.2) is 0 Å². The average molecular weight is 777 g/mol. The SMILES string of the molecule is [2H]c1c([2H])c([2H])c(-c2c([2H])c([2H])c(-c3c([2H])c([2H])c([2H])c(N(c4c([2H])c([2H])c(-c5c([2H])c([2H])c6c([2H])c([2H])c([2H])c([2H])c6c5[2H])c([2H])c4[2H])c4c([2H])c([2H])c(-c5c([2H])c([2H])c6c([2H])c([2H])c([2H])c([2H])c6c5[2H])c5oc6c([2H])c([2H])c([2H])c([2H])c6c45)c3[2H])c([2H])c2[2H])c([2H])c1[2H]. The Kier molecular flexibility index (Phi) is 3.15. The summed E-state index contributed by atoms with van der Waals surface area (Å²) < 4.78 is 343. The van der Waals surface area contributed by atoms with Crippen molar-refractivity contribution in [2.24, 2.45) is 0 Å². The summed E-state index contributed by atoms with van der Waals surface area (Å²) in [5.74, 6) is 0. The van der Waals surface area contributed by atoms with Crippen LogP contribution in [0.25, 0.3) is 88.0 Å². The summed E-state index contributed by atoms with van der Waals surface area (Å²) in [5, 5.41) is -4.55. The van der Waals surface area contributed by atoms with Gasteiger partial charge in [-0.2, -0.15) is 0 Å². The first kappa shape index (κ1) is 12.9. The van der Waals surface area contributed by atoms with Crippen LogP contribution in [-0.2, 0) is 0 Å². The molecule has 0 aliphatic carbocycles. The molecule has 0 radical (unpaired) electrons. The van der Waals surface area contributed by atoms with E-state index in [-0.39, 0.29) is 4.90 Å². The van der Waals surface area contributed by atoms with Crippen molar-refractivity contribution in [1.29, 1.82) is 0 Å². The zero-order chi connectivity index (χ0) is 70.6. The van der Waals surface area contributed by atoms with Gasteiger partial charge in [0, 0.05) is 22.3 Å². The lowest BCUT2D eigenvalue weighted by Crippen LogP contribution is -2.10. The highest BCUT2D eigenvalue weighted by atomic mass is 16.3. The maximum atomic E-state index is 10.2. The highest BCUT2D eigenvalue weighted by molar-refractivity contribution is 6.17. The summed E-state index contributed by atoms with van der Waals surface area (Å²) >= 11 is 0. The minimum Gasteiger partial charge on any atom is -0.455 e. The monoisotopic (exact) mass is 777 g/mol. The van der Waals surface area contributed by atoms with E-state index in [0.717, 1.165) is 0 Å². The average Bonchev–Trinajstić information content (AvgIpc) is 1.69. The molecule has 0 amide bonds. The molecular weight excluding hydrogens is 703 g/mol. The van der Waals surface area contributed by atoms with Gasteiger partial charge in [-0.1, -0.05) is 169 Å². The van der Waals surface area contributed by atoms with Crippen molar-refractivity contribution in [3.05, 3.63) is 224 Å². The van der Waals surface area contributed by atoms with E-state index < -0.39 is 329 Å². The summed E-state index contributed by atoms with van der Waals surface area (Å²) in [5.41, 5.74) is -13.6. The van der Waals surface area contributed by atoms with Crippen molar-refractivity contribution in [3.8, 4) is 44.5 Å². The quantitative estimate of drug-likeness (QED) is 0.160. The fourth-order valence-electron chi connectivity index (χ4n) is 6.01. The Labute approximate surface area is 389 Å². The van der Waals surface area contributed by atoms with E-state index in [0.29, 0.717) is 0 Å². The van der Waals surface area contributed by atoms with Gasteiger partial charge < -0.3 is 9.32 Å². The zero-order valence-electron chi connectivity index (χ0n) is 65.9. The van der Waals surface area contributed by atoms with Crippen molar-refractivity contribution in [1.82, 2.24) is 0 Å². The summed E-state index contributed by atoms with van der Waals surface area (Å²) in [6.45, 7) is 0. The van der Waals surface area contributed by atoms with Gasteiger partial charge in [0.2, 0.25) is 0 Å². The molecule has 0 atom stereocenters. The first-order valence-corrected chi connectivity index (χ1v) is 16.8. The van der Waals surface area contributed by atoms with Crippen LogP contribution >= 0.6 is 0 Å². The van der Waals surface area contributed by atoms with Gasteiger partial charge in [-0.05, 0) is 115 Å². The molecule has 11 aromatic rings. The van der Waals surface area contributed by atoms with Crippen LogP contribution in [0.2, 0.25) is 0 Å². The molecule has 0 N–H and O–H groups in total. The molecule has 0 spiro atoms. The van der Waals surface area contributed by atoms with Gasteiger partial charge in [0.15, 0.2) is 0 Å². The summed E-state index contributed by atoms with van der Waals surface area (Å²) in [6, 6.07) is -40.9. The third-order valence-corrected chi connectivity index (χ3v) is 8.62. The Balaban J connectivity index is 1.38. The number of furan rings is 1. The van der Waals surface area contributed by atoms with Crippen LogP contribution in [0, 0.1) is 0 Å². The minimum absolute atomic E-state index is 0.280. The third-order valence-electron chi connectivity index (χ3n) is 8.62. The Morgan fingerprint density at radius 3 is 1.59 bits per heavy atom. The van der Waals surface area contributed by atoms with E-state index in [9.17, 15) is 24.7 Å². The number of hydrogen-bond acceptors (Lipinski definition) is 2. The standard InChI is InChI=1S/C56H37NO/c1-2-11-38(12-3-1)41-21-23-42(24-22-41)46-17-10-18-50(37-46)57(49-31-29-43(30-32-49)47-27-25-39-13-4-6-15-44(39)35-47)53-34-33-51(48-28-26-40-14-5-7-16-45(40)36-48)56-55(53)52-19-8-9-20-54(52)58-56/h1-37H/i1D,2D,3D,4D,5D,6D,7D,8D,9D,10D,11D,12D,13D,14D,15D,16D,17D,18D,19D,20D,21D,22D,23D,24D,25D,26D,27D,28D,29D,30D,31D,32D,33D,34D,35D,36D,37D. The topological polar surface area (TPSA) is 16.4 Å². The Bertz CT molecular complexity index is 5380. The number of anilines is 3. The fraction of sp³-hybridized carbons (Fsp3) is 0. The number of fused-ring (bicyclic) bond motifs is 5. The maximum Gasteiger partial charge on any atom is 0.145 e. The van der Waals surface area contributed by atoms with Gasteiger partial charge in [0.25, 0.3) is 0 Å². The van der Waals surface area contributed by atoms with E-state index in [1.807, 2.05) is 0 Å². The van der Waals surface area contributed by atoms with E-state index in [1.54, 1.807) is 0 Å². The van der Waals surface area contributed by atoms with Gasteiger partial charge in [-0.15, -0.1) is 0 Å². The molecule has 272 valence electrons. The normalized spacial score (nSPS) is 20.4. The molecule has 2 heteroatoms. The van der Waals surface area contributed by atoms with Crippen LogP contribution in [0.3, 0.4) is 0 Å². The number of hydrogen-bond donors (Lipinski definition) is 0. The molecule has 2 nitrogen and oxygen atoms in total. The number of rotatable bonds is 7. The van der Waals surface area contributed by atoms with Gasteiger partial charge in [0.1, 0.15) is 11.2 Å². The molecule has 1 heterocycles. The molecule has 11 rings (SSSR count). The summed E-state index contributed by atoms with van der Waals surface area (Å²) in [7, 11) is 0. The van der Waals surface area contributed by atoms with Crippen molar-refractivity contribution in [3.63, 3.8) is 0 Å². The first-order chi connectivity index (χ1) is 44.2. The zero-order valence-corrected chi connectivity index (χ0v) is 28.9. The second-order valence-corrected chi connectivity index (χ2v) is 12.0. The number of benzene rings is 10. The molecule has 0 aliphatic heterocycles. The lowest BCUT2D eigenvalue weighted by atomic mass is 9.97. The van der Waals surface area contributed by atoms with Crippen LogP contribution in [0.4, 0.5) is 17.1 Å². The fourth-order valence-corrected chi connectivity index (χ4v) is 6.01. The van der Waals surface area contributed by atoms with Crippen LogP contribution < -0.4 is 4.90 Å². The van der Waals surface area contributed by atoms with Crippen molar-refractivity contribution < 1.29 is 55.1 Å². The molecule has 0 fully saturated rings. The Morgan fingerprint density at radius 2 is 0.862 bits per heavy atom. The van der Waals surface area contributed by atoms with Gasteiger partial charge in [-0.3, -0.25) is 0 Å². The maximum absolute atomic E-state index is 10.2. The molecular formula is C56H37NO. The predicted octanol–water partition coefficient (Wildman–Crippen LogP) is 16.0. The highest BCUT2D eigenvalue weighted by Gasteiger charge is 2.23. The van der Waals surface area contributed by atoms with Crippen LogP contribution in [0.15, 0.2) is 228 Å². The summed E-state index contributed by atoms with van der Waals surface area (Å²) in [6.07, 6.45) is 0. The second kappa shape index (κ2) is 14.1. The lowest BCUT2D eigenvalue weighted by molar-refractivity contribution is 0.670. The molecule has 10 aromatic carbocycles. The van der Waals surface area contributed by atoms with E-state index in [2.05, 4.69) is 0 Å². The lowest BCUT2D eigenvalue weighted by Gasteiger charge is -2.27. The largest absolute Gasteiger partial charge is 0.455 e. The van der Waals surface area contributed by atoms with Crippen molar-refractivity contribution in [2.75, 3.05) is 4.90 Å². The molecule has 0 saturated carbocycles. The minimum atomic E-state index is -1.42. The van der Waals surface area contributed by atoms with Crippen LogP contribution in [0.5, 0.6) is 0 Å². The number of para-hydroxylation sites is 1. The molecule has 0 unspecified atom stereocenters.